The lowest BCUT2D eigenvalue weighted by Crippen LogP contribution is -2.33. The number of hydrogen-bond donors (Lipinski definition) is 0. The molecule has 1 saturated heterocycles. The standard InChI is InChI=1S/C13H25NO/c1-3-8-13(4-2)15-12-11-14-9-6-5-7-10-14/h3,13H,1,4-12H2,2H3/t13-/m0/s1. The van der Waals surface area contributed by atoms with Crippen molar-refractivity contribution in [1.29, 1.82) is 0 Å². The second-order valence-electron chi connectivity index (χ2n) is 4.33. The number of hydrogen-bond acceptors (Lipinski definition) is 2. The van der Waals surface area contributed by atoms with Gasteiger partial charge in [-0.05, 0) is 38.8 Å². The number of rotatable bonds is 7. The summed E-state index contributed by atoms with van der Waals surface area (Å²) in [6, 6.07) is 0. The molecule has 2 nitrogen and oxygen atoms in total. The molecule has 1 heterocycles. The van der Waals surface area contributed by atoms with Crippen molar-refractivity contribution in [3.8, 4) is 0 Å². The molecule has 88 valence electrons. The van der Waals surface area contributed by atoms with Crippen LogP contribution < -0.4 is 0 Å². The molecule has 1 aliphatic heterocycles. The van der Waals surface area contributed by atoms with Crippen LogP contribution in [-0.4, -0.2) is 37.2 Å². The molecule has 1 fully saturated rings. The lowest BCUT2D eigenvalue weighted by Gasteiger charge is -2.27. The van der Waals surface area contributed by atoms with Crippen LogP contribution in [0.25, 0.3) is 0 Å². The summed E-state index contributed by atoms with van der Waals surface area (Å²) < 4.78 is 5.82. The lowest BCUT2D eigenvalue weighted by atomic mass is 10.1. The van der Waals surface area contributed by atoms with Gasteiger partial charge in [0.2, 0.25) is 0 Å². The third kappa shape index (κ3) is 5.33. The average molecular weight is 211 g/mol. The van der Waals surface area contributed by atoms with Crippen molar-refractivity contribution in [3.63, 3.8) is 0 Å². The Morgan fingerprint density at radius 1 is 1.33 bits per heavy atom. The van der Waals surface area contributed by atoms with E-state index in [0.717, 1.165) is 26.0 Å². The van der Waals surface area contributed by atoms with Gasteiger partial charge in [-0.2, -0.15) is 0 Å². The lowest BCUT2D eigenvalue weighted by molar-refractivity contribution is 0.0342. The molecule has 0 aromatic heterocycles. The molecule has 0 aromatic rings. The van der Waals surface area contributed by atoms with Crippen molar-refractivity contribution in [3.05, 3.63) is 12.7 Å². The fourth-order valence-electron chi connectivity index (χ4n) is 2.07. The first-order valence-corrected chi connectivity index (χ1v) is 6.31. The normalized spacial score (nSPS) is 20.1. The Morgan fingerprint density at radius 2 is 2.07 bits per heavy atom. The van der Waals surface area contributed by atoms with Crippen LogP contribution >= 0.6 is 0 Å². The van der Waals surface area contributed by atoms with Crippen LogP contribution in [0.15, 0.2) is 12.7 Å². The fourth-order valence-corrected chi connectivity index (χ4v) is 2.07. The Kier molecular flexibility index (Phi) is 6.69. The molecule has 2 heteroatoms. The van der Waals surface area contributed by atoms with Gasteiger partial charge in [0, 0.05) is 6.54 Å². The highest BCUT2D eigenvalue weighted by Crippen LogP contribution is 2.09. The molecule has 0 aromatic carbocycles. The van der Waals surface area contributed by atoms with E-state index in [0.29, 0.717) is 6.10 Å². The average Bonchev–Trinajstić information content (AvgIpc) is 2.29. The summed E-state index contributed by atoms with van der Waals surface area (Å²) in [5.41, 5.74) is 0. The van der Waals surface area contributed by atoms with Crippen molar-refractivity contribution in [2.24, 2.45) is 0 Å². The van der Waals surface area contributed by atoms with E-state index in [4.69, 9.17) is 4.74 Å². The van der Waals surface area contributed by atoms with E-state index in [1.807, 2.05) is 6.08 Å². The van der Waals surface area contributed by atoms with Gasteiger partial charge in [0.05, 0.1) is 12.7 Å². The van der Waals surface area contributed by atoms with E-state index in [-0.39, 0.29) is 0 Å². The van der Waals surface area contributed by atoms with Gasteiger partial charge >= 0.3 is 0 Å². The molecule has 1 aliphatic rings. The van der Waals surface area contributed by atoms with Gasteiger partial charge in [0.15, 0.2) is 0 Å². The maximum atomic E-state index is 5.82. The summed E-state index contributed by atoms with van der Waals surface area (Å²) >= 11 is 0. The Morgan fingerprint density at radius 3 is 2.67 bits per heavy atom. The summed E-state index contributed by atoms with van der Waals surface area (Å²) in [6.07, 6.45) is 8.55. The van der Waals surface area contributed by atoms with Crippen molar-refractivity contribution < 1.29 is 4.74 Å². The molecular weight excluding hydrogens is 186 g/mol. The van der Waals surface area contributed by atoms with E-state index < -0.39 is 0 Å². The fraction of sp³-hybridized carbons (Fsp3) is 0.846. The van der Waals surface area contributed by atoms with Crippen LogP contribution in [0.4, 0.5) is 0 Å². The van der Waals surface area contributed by atoms with E-state index in [1.165, 1.54) is 32.4 Å². The molecule has 0 N–H and O–H groups in total. The molecule has 0 aliphatic carbocycles. The number of ether oxygens (including phenoxy) is 1. The Bertz CT molecular complexity index is 164. The summed E-state index contributed by atoms with van der Waals surface area (Å²) in [7, 11) is 0. The zero-order valence-electron chi connectivity index (χ0n) is 10.1. The second-order valence-corrected chi connectivity index (χ2v) is 4.33. The SMILES string of the molecule is C=CC[C@H](CC)OCCN1CCCCC1. The molecule has 0 saturated carbocycles. The first-order valence-electron chi connectivity index (χ1n) is 6.31. The zero-order valence-corrected chi connectivity index (χ0v) is 10.1. The highest BCUT2D eigenvalue weighted by atomic mass is 16.5. The number of nitrogens with zero attached hydrogens (tertiary/aromatic N) is 1. The van der Waals surface area contributed by atoms with E-state index in [2.05, 4.69) is 18.4 Å². The van der Waals surface area contributed by atoms with Crippen LogP contribution in [0.3, 0.4) is 0 Å². The largest absolute Gasteiger partial charge is 0.377 e. The molecule has 15 heavy (non-hydrogen) atoms. The van der Waals surface area contributed by atoms with Gasteiger partial charge in [-0.3, -0.25) is 0 Å². The highest BCUT2D eigenvalue weighted by Gasteiger charge is 2.10. The van der Waals surface area contributed by atoms with Gasteiger partial charge in [0.25, 0.3) is 0 Å². The quantitative estimate of drug-likeness (QED) is 0.600. The minimum Gasteiger partial charge on any atom is -0.377 e. The minimum absolute atomic E-state index is 0.382. The summed E-state index contributed by atoms with van der Waals surface area (Å²) in [6.45, 7) is 10.4. The smallest absolute Gasteiger partial charge is 0.0607 e. The van der Waals surface area contributed by atoms with Gasteiger partial charge in [-0.25, -0.2) is 0 Å². The van der Waals surface area contributed by atoms with E-state index >= 15 is 0 Å². The Labute approximate surface area is 94.3 Å². The summed E-state index contributed by atoms with van der Waals surface area (Å²) in [5.74, 6) is 0. The van der Waals surface area contributed by atoms with Crippen LogP contribution in [0.2, 0.25) is 0 Å². The molecule has 0 unspecified atom stereocenters. The predicted molar refractivity (Wildman–Crippen MR) is 65.1 cm³/mol. The van der Waals surface area contributed by atoms with Gasteiger partial charge in [0.1, 0.15) is 0 Å². The molecule has 0 spiro atoms. The van der Waals surface area contributed by atoms with Crippen LogP contribution in [0, 0.1) is 0 Å². The third-order valence-electron chi connectivity index (χ3n) is 3.09. The van der Waals surface area contributed by atoms with Crippen LogP contribution in [0.5, 0.6) is 0 Å². The topological polar surface area (TPSA) is 12.5 Å². The summed E-state index contributed by atoms with van der Waals surface area (Å²) in [5, 5.41) is 0. The van der Waals surface area contributed by atoms with E-state index in [1.54, 1.807) is 0 Å². The zero-order chi connectivity index (χ0) is 10.9. The maximum Gasteiger partial charge on any atom is 0.0607 e. The molecule has 1 rings (SSSR count). The highest BCUT2D eigenvalue weighted by molar-refractivity contribution is 4.73. The van der Waals surface area contributed by atoms with Crippen molar-refractivity contribution in [1.82, 2.24) is 4.90 Å². The van der Waals surface area contributed by atoms with Crippen LogP contribution in [-0.2, 0) is 4.74 Å². The first-order chi connectivity index (χ1) is 7.36. The van der Waals surface area contributed by atoms with Gasteiger partial charge in [-0.1, -0.05) is 19.4 Å². The molecule has 0 bridgehead atoms. The Balaban J connectivity index is 2.05. The van der Waals surface area contributed by atoms with Gasteiger partial charge in [-0.15, -0.1) is 6.58 Å². The Hall–Kier alpha value is -0.340. The summed E-state index contributed by atoms with van der Waals surface area (Å²) in [4.78, 5) is 2.52. The maximum absolute atomic E-state index is 5.82. The van der Waals surface area contributed by atoms with Crippen molar-refractivity contribution in [2.75, 3.05) is 26.2 Å². The van der Waals surface area contributed by atoms with Crippen molar-refractivity contribution >= 4 is 0 Å². The van der Waals surface area contributed by atoms with E-state index in [9.17, 15) is 0 Å². The second kappa shape index (κ2) is 7.89. The molecule has 0 amide bonds. The van der Waals surface area contributed by atoms with Crippen LogP contribution in [0.1, 0.15) is 39.0 Å². The number of likely N-dealkylation sites (tertiary alicyclic amines) is 1. The number of piperidine rings is 1. The molecule has 1 atom stereocenters. The predicted octanol–water partition coefficient (Wildman–Crippen LogP) is 2.84. The first kappa shape index (κ1) is 12.7. The molecule has 0 radical (unpaired) electrons. The third-order valence-corrected chi connectivity index (χ3v) is 3.09. The van der Waals surface area contributed by atoms with Crippen molar-refractivity contribution in [2.45, 2.75) is 45.1 Å². The molecular formula is C13H25NO. The minimum atomic E-state index is 0.382. The van der Waals surface area contributed by atoms with Gasteiger partial charge < -0.3 is 9.64 Å². The monoisotopic (exact) mass is 211 g/mol.